The normalized spacial score (nSPS) is 12.6. The molecule has 3 rings (SSSR count). The third kappa shape index (κ3) is 8.09. The van der Waals surface area contributed by atoms with Crippen molar-refractivity contribution in [3.8, 4) is 0 Å². The molecule has 220 valence electrons. The van der Waals surface area contributed by atoms with Gasteiger partial charge in [0.1, 0.15) is 12.6 Å². The molecule has 1 N–H and O–H groups in total. The van der Waals surface area contributed by atoms with E-state index in [9.17, 15) is 31.2 Å². The minimum atomic E-state index is -4.74. The molecule has 0 spiro atoms. The Morgan fingerprint density at radius 1 is 0.927 bits per heavy atom. The first kappa shape index (κ1) is 31.7. The molecule has 0 aliphatic heterocycles. The predicted molar refractivity (Wildman–Crippen MR) is 152 cm³/mol. The number of rotatable bonds is 11. The van der Waals surface area contributed by atoms with Crippen LogP contribution in [0, 0.1) is 6.92 Å². The van der Waals surface area contributed by atoms with Gasteiger partial charge in [0.05, 0.1) is 16.1 Å². The lowest BCUT2D eigenvalue weighted by atomic mass is 10.1. The monoisotopic (exact) mass is 589 g/mol. The Kier molecular flexibility index (Phi) is 10.2. The van der Waals surface area contributed by atoms with E-state index in [0.717, 1.165) is 17.7 Å². The highest BCUT2D eigenvalue weighted by Gasteiger charge is 2.36. The number of halogens is 3. The third-order valence-electron chi connectivity index (χ3n) is 6.36. The predicted octanol–water partition coefficient (Wildman–Crippen LogP) is 5.54. The largest absolute Gasteiger partial charge is 0.416 e. The summed E-state index contributed by atoms with van der Waals surface area (Å²) in [6.07, 6.45) is -4.51. The number of hydrogen-bond acceptors (Lipinski definition) is 4. The van der Waals surface area contributed by atoms with Gasteiger partial charge in [0.25, 0.3) is 10.0 Å². The van der Waals surface area contributed by atoms with Crippen molar-refractivity contribution in [3.63, 3.8) is 0 Å². The molecule has 0 aliphatic rings. The van der Waals surface area contributed by atoms with Crippen LogP contribution < -0.4 is 9.62 Å². The molecule has 0 aliphatic carbocycles. The lowest BCUT2D eigenvalue weighted by molar-refractivity contribution is -0.140. The molecule has 11 heteroatoms. The standard InChI is InChI=1S/C30H34F3N3O4S/c1-5-27(29(38)34-21(2)3)35(19-23-10-7-6-8-11-23)28(37)20-36(25-13-9-12-24(18-25)30(31,32)33)41(39,40)26-16-14-22(4)15-17-26/h6-18,21,27H,5,19-20H2,1-4H3,(H,34,38)/t27-/m1/s1. The number of carbonyl (C=O) groups excluding carboxylic acids is 2. The smallest absolute Gasteiger partial charge is 0.352 e. The molecule has 0 aromatic heterocycles. The van der Waals surface area contributed by atoms with Gasteiger partial charge in [-0.25, -0.2) is 8.42 Å². The Morgan fingerprint density at radius 2 is 1.56 bits per heavy atom. The number of nitrogens with one attached hydrogen (secondary N) is 1. The van der Waals surface area contributed by atoms with Crippen LogP contribution in [0.15, 0.2) is 83.8 Å². The van der Waals surface area contributed by atoms with Gasteiger partial charge in [-0.2, -0.15) is 13.2 Å². The minimum absolute atomic E-state index is 0.00922. The maximum absolute atomic E-state index is 14.0. The molecule has 1 atom stereocenters. The number of hydrogen-bond donors (Lipinski definition) is 1. The van der Waals surface area contributed by atoms with E-state index in [1.165, 1.54) is 23.1 Å². The lowest BCUT2D eigenvalue weighted by Crippen LogP contribution is -2.53. The molecule has 0 fully saturated rings. The Bertz CT molecular complexity index is 1440. The maximum atomic E-state index is 14.0. The Labute approximate surface area is 239 Å². The second-order valence-corrected chi connectivity index (χ2v) is 11.8. The first-order chi connectivity index (χ1) is 19.2. The van der Waals surface area contributed by atoms with E-state index in [4.69, 9.17) is 0 Å². The van der Waals surface area contributed by atoms with Gasteiger partial charge in [-0.3, -0.25) is 13.9 Å². The molecule has 0 saturated heterocycles. The van der Waals surface area contributed by atoms with Crippen LogP contribution in [0.5, 0.6) is 0 Å². The summed E-state index contributed by atoms with van der Waals surface area (Å²) in [5, 5.41) is 2.80. The molecule has 2 amide bonds. The van der Waals surface area contributed by atoms with E-state index in [0.29, 0.717) is 15.9 Å². The Hall–Kier alpha value is -3.86. The summed E-state index contributed by atoms with van der Waals surface area (Å²) < 4.78 is 69.1. The van der Waals surface area contributed by atoms with Crippen molar-refractivity contribution in [2.24, 2.45) is 0 Å². The van der Waals surface area contributed by atoms with Crippen molar-refractivity contribution in [3.05, 3.63) is 95.6 Å². The highest BCUT2D eigenvalue weighted by molar-refractivity contribution is 7.92. The first-order valence-corrected chi connectivity index (χ1v) is 14.6. The zero-order valence-corrected chi connectivity index (χ0v) is 24.2. The van der Waals surface area contributed by atoms with Crippen LogP contribution in [-0.4, -0.2) is 43.8 Å². The molecular weight excluding hydrogens is 555 g/mol. The number of aryl methyl sites for hydroxylation is 1. The molecule has 7 nitrogen and oxygen atoms in total. The van der Waals surface area contributed by atoms with Crippen molar-refractivity contribution in [1.82, 2.24) is 10.2 Å². The van der Waals surface area contributed by atoms with Gasteiger partial charge in [0.15, 0.2) is 0 Å². The van der Waals surface area contributed by atoms with Gasteiger partial charge in [-0.15, -0.1) is 0 Å². The molecule has 0 radical (unpaired) electrons. The lowest BCUT2D eigenvalue weighted by Gasteiger charge is -2.33. The fourth-order valence-electron chi connectivity index (χ4n) is 4.28. The van der Waals surface area contributed by atoms with Crippen molar-refractivity contribution in [2.45, 2.75) is 63.8 Å². The van der Waals surface area contributed by atoms with Crippen molar-refractivity contribution in [2.75, 3.05) is 10.8 Å². The van der Waals surface area contributed by atoms with Gasteiger partial charge in [0, 0.05) is 12.6 Å². The number of nitrogens with zero attached hydrogens (tertiary/aromatic N) is 2. The summed E-state index contributed by atoms with van der Waals surface area (Å²) in [6.45, 7) is 6.21. The fraction of sp³-hybridized carbons (Fsp3) is 0.333. The number of carbonyl (C=O) groups is 2. The molecule has 0 bridgehead atoms. The summed E-state index contributed by atoms with van der Waals surface area (Å²) in [5.74, 6) is -1.16. The van der Waals surface area contributed by atoms with E-state index in [2.05, 4.69) is 5.32 Å². The number of benzene rings is 3. The van der Waals surface area contributed by atoms with E-state index in [1.54, 1.807) is 70.2 Å². The Balaban J connectivity index is 2.11. The zero-order valence-electron chi connectivity index (χ0n) is 23.4. The van der Waals surface area contributed by atoms with Gasteiger partial charge in [0.2, 0.25) is 11.8 Å². The molecule has 3 aromatic carbocycles. The number of sulfonamides is 1. The summed E-state index contributed by atoms with van der Waals surface area (Å²) in [4.78, 5) is 28.2. The summed E-state index contributed by atoms with van der Waals surface area (Å²) in [6, 6.07) is 17.3. The van der Waals surface area contributed by atoms with Crippen LogP contribution in [-0.2, 0) is 32.3 Å². The SMILES string of the molecule is CC[C@H](C(=O)NC(C)C)N(Cc1ccccc1)C(=O)CN(c1cccc(C(F)(F)F)c1)S(=O)(=O)c1ccc(C)cc1. The van der Waals surface area contributed by atoms with E-state index in [1.807, 2.05) is 0 Å². The molecule has 0 heterocycles. The third-order valence-corrected chi connectivity index (χ3v) is 8.15. The van der Waals surface area contributed by atoms with Crippen molar-refractivity contribution < 1.29 is 31.2 Å². The van der Waals surface area contributed by atoms with Crippen LogP contribution in [0.1, 0.15) is 43.9 Å². The summed E-state index contributed by atoms with van der Waals surface area (Å²) in [5.41, 5.74) is 0.0915. The van der Waals surface area contributed by atoms with Crippen LogP contribution in [0.3, 0.4) is 0 Å². The molecule has 41 heavy (non-hydrogen) atoms. The molecular formula is C30H34F3N3O4S. The van der Waals surface area contributed by atoms with Crippen LogP contribution in [0.4, 0.5) is 18.9 Å². The van der Waals surface area contributed by atoms with Gasteiger partial charge < -0.3 is 10.2 Å². The number of amides is 2. The van der Waals surface area contributed by atoms with Crippen LogP contribution in [0.2, 0.25) is 0 Å². The highest BCUT2D eigenvalue weighted by atomic mass is 32.2. The number of anilines is 1. The average molecular weight is 590 g/mol. The summed E-state index contributed by atoms with van der Waals surface area (Å²) in [7, 11) is -4.49. The van der Waals surface area contributed by atoms with E-state index in [-0.39, 0.29) is 29.6 Å². The second kappa shape index (κ2) is 13.2. The zero-order chi connectivity index (χ0) is 30.4. The Morgan fingerprint density at radius 3 is 2.12 bits per heavy atom. The van der Waals surface area contributed by atoms with Gasteiger partial charge in [-0.05, 0) is 63.1 Å². The topological polar surface area (TPSA) is 86.8 Å². The number of alkyl halides is 3. The van der Waals surface area contributed by atoms with Crippen molar-refractivity contribution in [1.29, 1.82) is 0 Å². The summed E-state index contributed by atoms with van der Waals surface area (Å²) >= 11 is 0. The first-order valence-electron chi connectivity index (χ1n) is 13.1. The van der Waals surface area contributed by atoms with Crippen LogP contribution >= 0.6 is 0 Å². The highest BCUT2D eigenvalue weighted by Crippen LogP contribution is 2.33. The van der Waals surface area contributed by atoms with E-state index < -0.39 is 46.2 Å². The van der Waals surface area contributed by atoms with Gasteiger partial charge in [-0.1, -0.05) is 61.0 Å². The van der Waals surface area contributed by atoms with Crippen molar-refractivity contribution >= 4 is 27.5 Å². The minimum Gasteiger partial charge on any atom is -0.352 e. The molecule has 0 saturated carbocycles. The average Bonchev–Trinajstić information content (AvgIpc) is 2.91. The molecule has 3 aromatic rings. The van der Waals surface area contributed by atoms with Crippen LogP contribution in [0.25, 0.3) is 0 Å². The maximum Gasteiger partial charge on any atom is 0.416 e. The molecule has 0 unspecified atom stereocenters. The van der Waals surface area contributed by atoms with Gasteiger partial charge >= 0.3 is 6.18 Å². The van der Waals surface area contributed by atoms with E-state index >= 15 is 0 Å². The quantitative estimate of drug-likeness (QED) is 0.318. The fourth-order valence-corrected chi connectivity index (χ4v) is 5.69. The second-order valence-electron chi connectivity index (χ2n) is 9.97.